The maximum absolute atomic E-state index is 13.6. The second-order valence-corrected chi connectivity index (χ2v) is 7.40. The van der Waals surface area contributed by atoms with Gasteiger partial charge in [0.2, 0.25) is 0 Å². The summed E-state index contributed by atoms with van der Waals surface area (Å²) in [6, 6.07) is 8.19. The van der Waals surface area contributed by atoms with E-state index < -0.39 is 23.8 Å². The number of pyridine rings is 1. The van der Waals surface area contributed by atoms with E-state index in [0.717, 1.165) is 23.1 Å². The summed E-state index contributed by atoms with van der Waals surface area (Å²) in [4.78, 5) is 6.25. The zero-order chi connectivity index (χ0) is 22.2. The van der Waals surface area contributed by atoms with Crippen molar-refractivity contribution >= 4 is 22.3 Å². The minimum Gasteiger partial charge on any atom is -0.379 e. The van der Waals surface area contributed by atoms with Gasteiger partial charge in [-0.3, -0.25) is 4.90 Å². The predicted molar refractivity (Wildman–Crippen MR) is 109 cm³/mol. The Labute approximate surface area is 176 Å². The molecule has 0 amide bonds. The third-order valence-electron chi connectivity index (χ3n) is 5.35. The van der Waals surface area contributed by atoms with Crippen molar-refractivity contribution in [3.05, 3.63) is 65.1 Å². The summed E-state index contributed by atoms with van der Waals surface area (Å²) in [5.41, 5.74) is 0.207. The molecule has 4 rings (SSSR count). The van der Waals surface area contributed by atoms with Gasteiger partial charge in [0.15, 0.2) is 0 Å². The van der Waals surface area contributed by atoms with Crippen LogP contribution < -0.4 is 5.32 Å². The van der Waals surface area contributed by atoms with Crippen LogP contribution >= 0.6 is 0 Å². The summed E-state index contributed by atoms with van der Waals surface area (Å²) >= 11 is 0. The fourth-order valence-corrected chi connectivity index (χ4v) is 3.79. The number of fused-ring (bicyclic) bond motifs is 1. The number of hydrogen-bond donors (Lipinski definition) is 2. The molecule has 2 aromatic carbocycles. The van der Waals surface area contributed by atoms with Crippen molar-refractivity contribution in [2.75, 3.05) is 31.6 Å². The highest BCUT2D eigenvalue weighted by molar-refractivity contribution is 5.97. The predicted octanol–water partition coefficient (Wildman–Crippen LogP) is 4.77. The van der Waals surface area contributed by atoms with Crippen molar-refractivity contribution in [1.29, 1.82) is 0 Å². The average Bonchev–Trinajstić information content (AvgIpc) is 2.75. The third kappa shape index (κ3) is 4.34. The van der Waals surface area contributed by atoms with E-state index >= 15 is 0 Å². The highest BCUT2D eigenvalue weighted by atomic mass is 19.4. The Kier molecular flexibility index (Phi) is 5.83. The fraction of sp³-hybridized carbons (Fsp3) is 0.318. The summed E-state index contributed by atoms with van der Waals surface area (Å²) in [6.07, 6.45) is -4.18. The summed E-state index contributed by atoms with van der Waals surface area (Å²) in [5.74, 6) is -1.02. The lowest BCUT2D eigenvalue weighted by atomic mass is 10.00. The van der Waals surface area contributed by atoms with Gasteiger partial charge in [-0.2, -0.15) is 13.2 Å². The summed E-state index contributed by atoms with van der Waals surface area (Å²) in [6.45, 7) is 4.08. The second-order valence-electron chi connectivity index (χ2n) is 7.40. The molecule has 0 aliphatic carbocycles. The van der Waals surface area contributed by atoms with Crippen LogP contribution in [-0.2, 0) is 10.9 Å². The summed E-state index contributed by atoms with van der Waals surface area (Å²) in [7, 11) is 0. The number of alkyl halides is 3. The Morgan fingerprint density at radius 1 is 1.16 bits per heavy atom. The molecule has 0 radical (unpaired) electrons. The van der Waals surface area contributed by atoms with Crippen LogP contribution in [-0.4, -0.2) is 41.3 Å². The van der Waals surface area contributed by atoms with E-state index in [1.165, 1.54) is 12.3 Å². The lowest BCUT2D eigenvalue weighted by Gasteiger charge is -2.32. The molecule has 1 aliphatic rings. The van der Waals surface area contributed by atoms with Crippen LogP contribution in [0.5, 0.6) is 0 Å². The summed E-state index contributed by atoms with van der Waals surface area (Å²) < 4.78 is 58.2. The minimum absolute atomic E-state index is 0.0607. The number of halogens is 4. The molecule has 5 nitrogen and oxygen atoms in total. The molecule has 1 aromatic heterocycles. The number of benzene rings is 2. The van der Waals surface area contributed by atoms with Crippen LogP contribution in [0, 0.1) is 12.7 Å². The first kappa shape index (κ1) is 21.5. The van der Waals surface area contributed by atoms with Crippen LogP contribution in [0.15, 0.2) is 42.6 Å². The van der Waals surface area contributed by atoms with Gasteiger partial charge in [0.05, 0.1) is 18.8 Å². The van der Waals surface area contributed by atoms with E-state index in [1.807, 2.05) is 17.9 Å². The first-order valence-electron chi connectivity index (χ1n) is 9.77. The first-order valence-corrected chi connectivity index (χ1v) is 9.77. The molecule has 0 spiro atoms. The van der Waals surface area contributed by atoms with E-state index in [4.69, 9.17) is 4.74 Å². The largest absolute Gasteiger partial charge is 0.419 e. The number of nitrogens with zero attached hydrogens (tertiary/aromatic N) is 2. The molecule has 3 aromatic rings. The third-order valence-corrected chi connectivity index (χ3v) is 5.35. The van der Waals surface area contributed by atoms with Crippen molar-refractivity contribution in [3.63, 3.8) is 0 Å². The zero-order valence-electron chi connectivity index (χ0n) is 16.7. The van der Waals surface area contributed by atoms with E-state index in [2.05, 4.69) is 10.3 Å². The minimum atomic E-state index is -4.81. The lowest BCUT2D eigenvalue weighted by Crippen LogP contribution is -2.39. The highest BCUT2D eigenvalue weighted by Crippen LogP contribution is 2.36. The number of ether oxygens (including phenoxy) is 1. The van der Waals surface area contributed by atoms with Gasteiger partial charge >= 0.3 is 6.18 Å². The Morgan fingerprint density at radius 3 is 2.61 bits per heavy atom. The smallest absolute Gasteiger partial charge is 0.379 e. The highest BCUT2D eigenvalue weighted by Gasteiger charge is 2.34. The maximum Gasteiger partial charge on any atom is 0.419 e. The quantitative estimate of drug-likeness (QED) is 0.579. The van der Waals surface area contributed by atoms with Crippen LogP contribution in [0.4, 0.5) is 29.1 Å². The Balaban J connectivity index is 1.75. The molecule has 1 atom stereocenters. The Bertz CT molecular complexity index is 1100. The summed E-state index contributed by atoms with van der Waals surface area (Å²) in [5, 5.41) is 15.2. The van der Waals surface area contributed by atoms with Gasteiger partial charge in [-0.1, -0.05) is 18.2 Å². The van der Waals surface area contributed by atoms with Crippen LogP contribution in [0.2, 0.25) is 0 Å². The number of hydrogen-bond acceptors (Lipinski definition) is 5. The normalized spacial score (nSPS) is 16.5. The number of rotatable bonds is 4. The van der Waals surface area contributed by atoms with E-state index in [1.54, 1.807) is 12.1 Å². The van der Waals surface area contributed by atoms with Crippen molar-refractivity contribution in [2.45, 2.75) is 19.3 Å². The number of anilines is 2. The molecule has 1 fully saturated rings. The molecule has 0 bridgehead atoms. The van der Waals surface area contributed by atoms with Gasteiger partial charge in [-0.15, -0.1) is 0 Å². The SMILES string of the molecule is Cc1cccc2c(Nc3ccc(F)c(C(F)(F)F)c3)ncc(C(O)N3CCOCC3)c12. The number of aryl methyl sites for hydroxylation is 1. The topological polar surface area (TPSA) is 57.6 Å². The van der Waals surface area contributed by atoms with Crippen LogP contribution in [0.1, 0.15) is 22.9 Å². The molecular weight excluding hydrogens is 414 g/mol. The van der Waals surface area contributed by atoms with Crippen LogP contribution in [0.3, 0.4) is 0 Å². The van der Waals surface area contributed by atoms with Gasteiger partial charge in [-0.25, -0.2) is 9.37 Å². The molecule has 164 valence electrons. The second kappa shape index (κ2) is 8.41. The fourth-order valence-electron chi connectivity index (χ4n) is 3.79. The molecule has 1 unspecified atom stereocenters. The molecule has 2 heterocycles. The van der Waals surface area contributed by atoms with Gasteiger partial charge in [0, 0.05) is 35.9 Å². The number of morpholine rings is 1. The van der Waals surface area contributed by atoms with Crippen molar-refractivity contribution in [3.8, 4) is 0 Å². The Morgan fingerprint density at radius 2 is 1.90 bits per heavy atom. The van der Waals surface area contributed by atoms with Gasteiger partial charge in [0.25, 0.3) is 0 Å². The zero-order valence-corrected chi connectivity index (χ0v) is 16.7. The van der Waals surface area contributed by atoms with Gasteiger partial charge in [0.1, 0.15) is 17.9 Å². The molecule has 2 N–H and O–H groups in total. The van der Waals surface area contributed by atoms with Gasteiger partial charge in [-0.05, 0) is 36.1 Å². The van der Waals surface area contributed by atoms with Gasteiger partial charge < -0.3 is 15.2 Å². The molecular formula is C22H21F4N3O2. The first-order chi connectivity index (χ1) is 14.8. The average molecular weight is 435 g/mol. The lowest BCUT2D eigenvalue weighted by molar-refractivity contribution is -0.139. The number of aromatic nitrogens is 1. The number of aliphatic hydroxyl groups excluding tert-OH is 1. The maximum atomic E-state index is 13.6. The molecule has 31 heavy (non-hydrogen) atoms. The number of aliphatic hydroxyl groups is 1. The van der Waals surface area contributed by atoms with Crippen molar-refractivity contribution in [1.82, 2.24) is 9.88 Å². The number of nitrogens with one attached hydrogen (secondary N) is 1. The van der Waals surface area contributed by atoms with Crippen molar-refractivity contribution in [2.24, 2.45) is 0 Å². The standard InChI is InChI=1S/C22H21F4N3O2/c1-13-3-2-4-15-19(13)16(21(30)29-7-9-31-10-8-29)12-27-20(15)28-14-5-6-18(23)17(11-14)22(24,25)26/h2-6,11-12,21,30H,7-10H2,1H3,(H,27,28). The monoisotopic (exact) mass is 435 g/mol. The van der Waals surface area contributed by atoms with Crippen molar-refractivity contribution < 1.29 is 27.4 Å². The van der Waals surface area contributed by atoms with E-state index in [-0.39, 0.29) is 5.69 Å². The van der Waals surface area contributed by atoms with E-state index in [9.17, 15) is 22.7 Å². The van der Waals surface area contributed by atoms with E-state index in [0.29, 0.717) is 43.1 Å². The molecule has 0 saturated carbocycles. The molecule has 9 heteroatoms. The Hall–Kier alpha value is -2.75. The van der Waals surface area contributed by atoms with Crippen LogP contribution in [0.25, 0.3) is 10.8 Å². The molecule has 1 saturated heterocycles. The molecule has 1 aliphatic heterocycles.